The summed E-state index contributed by atoms with van der Waals surface area (Å²) in [4.78, 5) is 24.9. The molecule has 2 atom stereocenters. The predicted molar refractivity (Wildman–Crippen MR) is 123 cm³/mol. The summed E-state index contributed by atoms with van der Waals surface area (Å²) in [5.41, 5.74) is 7.91. The van der Waals surface area contributed by atoms with Crippen molar-refractivity contribution in [1.82, 2.24) is 25.6 Å². The number of hydrogen-bond acceptors (Lipinski definition) is 6. The molecule has 1 unspecified atom stereocenters. The van der Waals surface area contributed by atoms with Crippen molar-refractivity contribution in [3.8, 4) is 0 Å². The number of thiophene rings is 1. The van der Waals surface area contributed by atoms with Crippen molar-refractivity contribution >= 4 is 39.4 Å². The Morgan fingerprint density at radius 1 is 1.40 bits per heavy atom. The Balaban J connectivity index is 1.51. The number of H-pyrrole nitrogens is 1. The Kier molecular flexibility index (Phi) is 4.71. The van der Waals surface area contributed by atoms with Crippen LogP contribution in [-0.4, -0.2) is 59.5 Å². The molecule has 2 aromatic rings. The van der Waals surface area contributed by atoms with Crippen molar-refractivity contribution in [2.24, 2.45) is 4.99 Å². The van der Waals surface area contributed by atoms with Crippen LogP contribution in [0.4, 0.5) is 0 Å². The van der Waals surface area contributed by atoms with Gasteiger partial charge in [-0.15, -0.1) is 11.3 Å². The van der Waals surface area contributed by atoms with Gasteiger partial charge in [0, 0.05) is 36.8 Å². The van der Waals surface area contributed by atoms with Crippen LogP contribution in [0.3, 0.4) is 0 Å². The van der Waals surface area contributed by atoms with E-state index in [4.69, 9.17) is 0 Å². The Labute approximate surface area is 180 Å². The van der Waals surface area contributed by atoms with Crippen LogP contribution in [0.1, 0.15) is 54.0 Å². The number of carbonyl (C=O) groups is 1. The molecule has 3 aliphatic rings. The molecule has 30 heavy (non-hydrogen) atoms. The normalized spacial score (nSPS) is 23.0. The summed E-state index contributed by atoms with van der Waals surface area (Å²) >= 11 is 1.56. The minimum atomic E-state index is 0.0390. The molecule has 0 spiro atoms. The SMILES string of the molecule is CC1=CC(c2[nH]c3sc(C(=O)N(C)[C@H]4CCNC4)cc3c2C(C)C)=CN2NC=NC12. The molecule has 0 aromatic carbocycles. The number of rotatable bonds is 4. The summed E-state index contributed by atoms with van der Waals surface area (Å²) < 4.78 is 0. The molecule has 0 bridgehead atoms. The van der Waals surface area contributed by atoms with E-state index in [0.717, 1.165) is 45.9 Å². The number of hydrogen-bond donors (Lipinski definition) is 3. The molecule has 8 heteroatoms. The molecule has 2 aromatic heterocycles. The van der Waals surface area contributed by atoms with Crippen LogP contribution in [0.2, 0.25) is 0 Å². The van der Waals surface area contributed by atoms with Gasteiger partial charge in [-0.05, 0) is 49.1 Å². The van der Waals surface area contributed by atoms with E-state index in [9.17, 15) is 4.79 Å². The number of hydrazine groups is 1. The van der Waals surface area contributed by atoms with Gasteiger partial charge in [-0.3, -0.25) is 15.2 Å². The van der Waals surface area contributed by atoms with Gasteiger partial charge in [0.2, 0.25) is 0 Å². The van der Waals surface area contributed by atoms with E-state index in [-0.39, 0.29) is 18.1 Å². The van der Waals surface area contributed by atoms with Crippen LogP contribution in [0.25, 0.3) is 15.8 Å². The van der Waals surface area contributed by atoms with Crippen molar-refractivity contribution in [2.75, 3.05) is 20.1 Å². The zero-order valence-corrected chi connectivity index (χ0v) is 18.6. The van der Waals surface area contributed by atoms with Gasteiger partial charge in [0.15, 0.2) is 6.17 Å². The highest BCUT2D eigenvalue weighted by molar-refractivity contribution is 7.20. The van der Waals surface area contributed by atoms with Gasteiger partial charge in [-0.25, -0.2) is 4.99 Å². The number of nitrogens with one attached hydrogen (secondary N) is 3. The number of aliphatic imine (C=N–C) groups is 1. The van der Waals surface area contributed by atoms with Gasteiger partial charge in [0.05, 0.1) is 10.6 Å². The zero-order valence-electron chi connectivity index (χ0n) is 17.8. The van der Waals surface area contributed by atoms with Crippen LogP contribution < -0.4 is 10.7 Å². The van der Waals surface area contributed by atoms with Crippen molar-refractivity contribution in [3.05, 3.63) is 40.0 Å². The van der Waals surface area contributed by atoms with E-state index < -0.39 is 0 Å². The lowest BCUT2D eigenvalue weighted by Crippen LogP contribution is -2.37. The van der Waals surface area contributed by atoms with E-state index in [1.165, 1.54) is 11.1 Å². The second-order valence-electron chi connectivity index (χ2n) is 8.65. The molecule has 0 radical (unpaired) electrons. The number of allylic oxidation sites excluding steroid dienone is 2. The fourth-order valence-corrected chi connectivity index (χ4v) is 5.70. The van der Waals surface area contributed by atoms with Crippen LogP contribution in [0.15, 0.2) is 28.9 Å². The Morgan fingerprint density at radius 3 is 2.97 bits per heavy atom. The van der Waals surface area contributed by atoms with E-state index in [2.05, 4.69) is 59.8 Å². The number of aromatic nitrogens is 1. The van der Waals surface area contributed by atoms with E-state index in [1.807, 2.05) is 17.0 Å². The lowest BCUT2D eigenvalue weighted by atomic mass is 9.95. The van der Waals surface area contributed by atoms with E-state index in [0.29, 0.717) is 5.92 Å². The number of nitrogens with zero attached hydrogens (tertiary/aromatic N) is 3. The highest BCUT2D eigenvalue weighted by atomic mass is 32.1. The van der Waals surface area contributed by atoms with Crippen molar-refractivity contribution in [1.29, 1.82) is 0 Å². The average molecular weight is 425 g/mol. The molecular weight excluding hydrogens is 396 g/mol. The lowest BCUT2D eigenvalue weighted by molar-refractivity contribution is 0.0748. The third-order valence-electron chi connectivity index (χ3n) is 6.26. The van der Waals surface area contributed by atoms with Crippen molar-refractivity contribution < 1.29 is 4.79 Å². The molecule has 7 nitrogen and oxygen atoms in total. The van der Waals surface area contributed by atoms with Crippen molar-refractivity contribution in [2.45, 2.75) is 45.3 Å². The molecule has 5 heterocycles. The van der Waals surface area contributed by atoms with Crippen LogP contribution in [-0.2, 0) is 0 Å². The van der Waals surface area contributed by atoms with Gasteiger partial charge >= 0.3 is 0 Å². The first-order chi connectivity index (χ1) is 14.4. The maximum atomic E-state index is 13.1. The van der Waals surface area contributed by atoms with E-state index in [1.54, 1.807) is 17.7 Å². The summed E-state index contributed by atoms with van der Waals surface area (Å²) in [5, 5.41) is 6.53. The van der Waals surface area contributed by atoms with Gasteiger partial charge in [-0.2, -0.15) is 0 Å². The molecule has 5 rings (SSSR count). The van der Waals surface area contributed by atoms with Gasteiger partial charge in [-0.1, -0.05) is 13.8 Å². The standard InChI is InChI=1S/C22H28N6OS/c1-12(2)18-16-8-17(22(29)27(4)15-5-6-23-9-15)30-21(16)26-19(18)14-7-13(3)20-24-11-25-28(20)10-14/h7-8,10-12,15,20,23,26H,5-6,9H2,1-4H3,(H,24,25)/t15-,20?/m0/s1. The highest BCUT2D eigenvalue weighted by Gasteiger charge is 2.29. The molecule has 3 aliphatic heterocycles. The fourth-order valence-electron chi connectivity index (χ4n) is 4.64. The first-order valence-electron chi connectivity index (χ1n) is 10.5. The number of fused-ring (bicyclic) bond motifs is 2. The number of likely N-dealkylation sites (N-methyl/N-ethyl adjacent to an activating group) is 1. The molecule has 3 N–H and O–H groups in total. The summed E-state index contributed by atoms with van der Waals surface area (Å²) in [6, 6.07) is 2.36. The maximum absolute atomic E-state index is 13.1. The van der Waals surface area contributed by atoms with Gasteiger partial charge in [0.25, 0.3) is 5.91 Å². The molecule has 158 valence electrons. The monoisotopic (exact) mass is 424 g/mol. The third-order valence-corrected chi connectivity index (χ3v) is 7.30. The van der Waals surface area contributed by atoms with Crippen LogP contribution in [0.5, 0.6) is 0 Å². The first kappa shape index (κ1) is 19.4. The summed E-state index contributed by atoms with van der Waals surface area (Å²) in [6.45, 7) is 8.39. The summed E-state index contributed by atoms with van der Waals surface area (Å²) in [5.74, 6) is 0.446. The van der Waals surface area contributed by atoms with Gasteiger partial charge in [0.1, 0.15) is 11.2 Å². The first-order valence-corrected chi connectivity index (χ1v) is 11.4. The molecule has 1 amide bonds. The number of aromatic amines is 1. The second kappa shape index (κ2) is 7.28. The summed E-state index contributed by atoms with van der Waals surface area (Å²) in [6.07, 6.45) is 7.12. The highest BCUT2D eigenvalue weighted by Crippen LogP contribution is 2.39. The number of amides is 1. The van der Waals surface area contributed by atoms with Gasteiger partial charge < -0.3 is 15.2 Å². The average Bonchev–Trinajstić information content (AvgIpc) is 3.49. The minimum absolute atomic E-state index is 0.0390. The summed E-state index contributed by atoms with van der Waals surface area (Å²) in [7, 11) is 1.92. The lowest BCUT2D eigenvalue weighted by Gasteiger charge is -2.27. The molecule has 1 saturated heterocycles. The maximum Gasteiger partial charge on any atom is 0.264 e. The zero-order chi connectivity index (χ0) is 21.0. The fraction of sp³-hybridized carbons (Fsp3) is 0.455. The topological polar surface area (TPSA) is 75.8 Å². The smallest absolute Gasteiger partial charge is 0.264 e. The predicted octanol–water partition coefficient (Wildman–Crippen LogP) is 3.26. The van der Waals surface area contributed by atoms with Crippen molar-refractivity contribution in [3.63, 3.8) is 0 Å². The van der Waals surface area contributed by atoms with E-state index >= 15 is 0 Å². The Bertz CT molecular complexity index is 1080. The second-order valence-corrected chi connectivity index (χ2v) is 9.70. The number of carbonyl (C=O) groups excluding carboxylic acids is 1. The Hall–Kier alpha value is -2.58. The molecule has 1 fully saturated rings. The quantitative estimate of drug-likeness (QED) is 0.704. The van der Waals surface area contributed by atoms with Crippen LogP contribution in [0, 0.1) is 0 Å². The minimum Gasteiger partial charge on any atom is -0.346 e. The molecule has 0 aliphatic carbocycles. The third kappa shape index (κ3) is 3.06. The largest absolute Gasteiger partial charge is 0.346 e. The molecular formula is C22H28N6OS. The Morgan fingerprint density at radius 2 is 2.23 bits per heavy atom. The molecule has 0 saturated carbocycles. The van der Waals surface area contributed by atoms with Crippen LogP contribution >= 0.6 is 11.3 Å².